The van der Waals surface area contributed by atoms with Gasteiger partial charge in [0, 0.05) is 12.3 Å². The molecule has 6 rings (SSSR count). The number of hydrogen-bond acceptors (Lipinski definition) is 2. The number of rotatable bonds is 0. The molecular weight excluding hydrogens is 380 g/mol. The Morgan fingerprint density at radius 2 is 1.77 bits per heavy atom. The molecule has 0 N–H and O–H groups in total. The van der Waals surface area contributed by atoms with Gasteiger partial charge in [-0.05, 0) is 104 Å². The van der Waals surface area contributed by atoms with E-state index in [4.69, 9.17) is 9.47 Å². The summed E-state index contributed by atoms with van der Waals surface area (Å²) >= 11 is 0. The molecule has 5 fully saturated rings. The molecule has 2 heterocycles. The maximum absolute atomic E-state index is 7.00. The second-order valence-electron chi connectivity index (χ2n) is 13.5. The van der Waals surface area contributed by atoms with Gasteiger partial charge < -0.3 is 9.47 Å². The highest BCUT2D eigenvalue weighted by molar-refractivity contribution is 5.26. The third-order valence-corrected chi connectivity index (χ3v) is 11.9. The topological polar surface area (TPSA) is 18.5 Å². The summed E-state index contributed by atoms with van der Waals surface area (Å²) in [6.45, 7) is 13.5. The van der Waals surface area contributed by atoms with Gasteiger partial charge in [-0.1, -0.05) is 46.3 Å². The monoisotopic (exact) mass is 426 g/mol. The van der Waals surface area contributed by atoms with Gasteiger partial charge >= 0.3 is 0 Å². The lowest BCUT2D eigenvalue weighted by atomic mass is 9.46. The average molecular weight is 427 g/mol. The van der Waals surface area contributed by atoms with E-state index in [1.807, 2.05) is 5.57 Å². The van der Waals surface area contributed by atoms with E-state index in [1.54, 1.807) is 0 Å². The second-order valence-corrected chi connectivity index (χ2v) is 13.5. The van der Waals surface area contributed by atoms with Crippen LogP contribution in [0.5, 0.6) is 0 Å². The largest absolute Gasteiger partial charge is 0.349 e. The van der Waals surface area contributed by atoms with Crippen molar-refractivity contribution in [1.82, 2.24) is 0 Å². The third-order valence-electron chi connectivity index (χ3n) is 11.9. The van der Waals surface area contributed by atoms with E-state index in [0.717, 1.165) is 36.7 Å². The molecule has 6 aliphatic rings. The van der Waals surface area contributed by atoms with Crippen LogP contribution in [0, 0.1) is 52.3 Å². The van der Waals surface area contributed by atoms with Crippen LogP contribution in [0.1, 0.15) is 98.8 Å². The van der Waals surface area contributed by atoms with Crippen LogP contribution in [0.15, 0.2) is 11.6 Å². The highest BCUT2D eigenvalue weighted by atomic mass is 16.7. The highest BCUT2D eigenvalue weighted by Gasteiger charge is 2.68. The Bertz CT molecular complexity index is 758. The fourth-order valence-electron chi connectivity index (χ4n) is 10.1. The van der Waals surface area contributed by atoms with Gasteiger partial charge in [-0.15, -0.1) is 0 Å². The van der Waals surface area contributed by atoms with Gasteiger partial charge in [-0.3, -0.25) is 0 Å². The molecule has 2 saturated heterocycles. The van der Waals surface area contributed by atoms with E-state index in [0.29, 0.717) is 34.7 Å². The van der Waals surface area contributed by atoms with Gasteiger partial charge in [0.25, 0.3) is 0 Å². The molecule has 2 nitrogen and oxygen atoms in total. The first-order chi connectivity index (χ1) is 14.8. The van der Waals surface area contributed by atoms with E-state index < -0.39 is 0 Å². The maximum Gasteiger partial charge on any atom is 0.171 e. The number of fused-ring (bicyclic) bond motifs is 7. The van der Waals surface area contributed by atoms with Crippen LogP contribution in [0.2, 0.25) is 0 Å². The summed E-state index contributed by atoms with van der Waals surface area (Å²) in [5.41, 5.74) is 2.77. The van der Waals surface area contributed by atoms with Gasteiger partial charge in [0.15, 0.2) is 5.79 Å². The van der Waals surface area contributed by atoms with Gasteiger partial charge in [0.1, 0.15) is 0 Å². The molecule has 3 saturated carbocycles. The van der Waals surface area contributed by atoms with Crippen molar-refractivity contribution in [2.45, 2.75) is 111 Å². The Balaban J connectivity index is 1.28. The third kappa shape index (κ3) is 2.89. The highest BCUT2D eigenvalue weighted by Crippen LogP contribution is 2.70. The van der Waals surface area contributed by atoms with Crippen molar-refractivity contribution < 1.29 is 9.47 Å². The summed E-state index contributed by atoms with van der Waals surface area (Å²) in [6, 6.07) is 0. The van der Waals surface area contributed by atoms with Gasteiger partial charge in [0.2, 0.25) is 0 Å². The minimum absolute atomic E-state index is 0.282. The molecule has 2 heteroatoms. The van der Waals surface area contributed by atoms with E-state index in [2.05, 4.69) is 40.7 Å². The van der Waals surface area contributed by atoms with Gasteiger partial charge in [-0.25, -0.2) is 0 Å². The standard InChI is InChI=1S/C29H46O2/c1-18-10-13-27(4)21(15-18)8-9-22-23(27)11-14-28(5)24(22)16-25-26(28)20(3)29(31-25)12-6-7-19(2)17-30-29/h8,18-20,22-26H,6-7,9-17H2,1-5H3. The van der Waals surface area contributed by atoms with Crippen LogP contribution >= 0.6 is 0 Å². The molecule has 0 radical (unpaired) electrons. The zero-order valence-corrected chi connectivity index (χ0v) is 20.8. The van der Waals surface area contributed by atoms with E-state index in [1.165, 1.54) is 57.8 Å². The smallest absolute Gasteiger partial charge is 0.171 e. The van der Waals surface area contributed by atoms with Crippen LogP contribution in [-0.4, -0.2) is 18.5 Å². The second kappa shape index (κ2) is 7.08. The van der Waals surface area contributed by atoms with Crippen LogP contribution in [0.25, 0.3) is 0 Å². The SMILES string of the molecule is CC1CCCC2(OC1)OC1CC3C4CC=C5CC(C)CCC5(C)C4CCC3(C)C1C2C. The summed E-state index contributed by atoms with van der Waals surface area (Å²) in [6.07, 6.45) is 16.6. The maximum atomic E-state index is 7.00. The first-order valence-corrected chi connectivity index (χ1v) is 13.8. The van der Waals surface area contributed by atoms with E-state index in [-0.39, 0.29) is 5.79 Å². The van der Waals surface area contributed by atoms with Crippen molar-refractivity contribution in [3.05, 3.63) is 11.6 Å². The fourth-order valence-corrected chi connectivity index (χ4v) is 10.1. The van der Waals surface area contributed by atoms with Crippen molar-refractivity contribution in [2.24, 2.45) is 52.3 Å². The Morgan fingerprint density at radius 3 is 2.61 bits per heavy atom. The van der Waals surface area contributed by atoms with Crippen LogP contribution in [0.4, 0.5) is 0 Å². The summed E-state index contributed by atoms with van der Waals surface area (Å²) in [7, 11) is 0. The molecule has 2 aliphatic heterocycles. The Morgan fingerprint density at radius 1 is 0.935 bits per heavy atom. The van der Waals surface area contributed by atoms with Crippen molar-refractivity contribution in [3.63, 3.8) is 0 Å². The Kier molecular flexibility index (Phi) is 4.84. The fraction of sp³-hybridized carbons (Fsp3) is 0.931. The number of ether oxygens (including phenoxy) is 2. The number of hydrogen-bond donors (Lipinski definition) is 0. The zero-order chi connectivity index (χ0) is 21.6. The number of allylic oxidation sites excluding steroid dienone is 2. The van der Waals surface area contributed by atoms with Crippen molar-refractivity contribution >= 4 is 0 Å². The molecule has 31 heavy (non-hydrogen) atoms. The lowest BCUT2D eigenvalue weighted by Crippen LogP contribution is -2.51. The first-order valence-electron chi connectivity index (χ1n) is 13.8. The normalized spacial score (nSPS) is 58.7. The van der Waals surface area contributed by atoms with Crippen molar-refractivity contribution in [1.29, 1.82) is 0 Å². The molecule has 0 aromatic heterocycles. The predicted molar refractivity (Wildman–Crippen MR) is 125 cm³/mol. The Hall–Kier alpha value is -0.340. The van der Waals surface area contributed by atoms with Crippen LogP contribution in [-0.2, 0) is 9.47 Å². The Labute approximate surface area is 190 Å². The quantitative estimate of drug-likeness (QED) is 0.376. The van der Waals surface area contributed by atoms with Crippen molar-refractivity contribution in [3.8, 4) is 0 Å². The molecule has 11 atom stereocenters. The summed E-state index contributed by atoms with van der Waals surface area (Å²) in [5.74, 6) is 5.16. The molecule has 0 aromatic carbocycles. The molecular formula is C29H46O2. The molecule has 174 valence electrons. The van der Waals surface area contributed by atoms with Gasteiger partial charge in [0.05, 0.1) is 12.7 Å². The molecule has 1 spiro atoms. The van der Waals surface area contributed by atoms with Crippen molar-refractivity contribution in [2.75, 3.05) is 6.61 Å². The summed E-state index contributed by atoms with van der Waals surface area (Å²) in [4.78, 5) is 0. The first kappa shape index (κ1) is 21.2. The minimum atomic E-state index is -0.282. The molecule has 0 aromatic rings. The lowest BCUT2D eigenvalue weighted by molar-refractivity contribution is -0.249. The molecule has 4 aliphatic carbocycles. The summed E-state index contributed by atoms with van der Waals surface area (Å²) in [5, 5.41) is 0. The molecule has 11 unspecified atom stereocenters. The van der Waals surface area contributed by atoms with E-state index in [9.17, 15) is 0 Å². The molecule has 0 bridgehead atoms. The average Bonchev–Trinajstić information content (AvgIpc) is 3.08. The van der Waals surface area contributed by atoms with Gasteiger partial charge in [-0.2, -0.15) is 0 Å². The molecule has 0 amide bonds. The van der Waals surface area contributed by atoms with Crippen LogP contribution in [0.3, 0.4) is 0 Å². The van der Waals surface area contributed by atoms with Crippen LogP contribution < -0.4 is 0 Å². The lowest BCUT2D eigenvalue weighted by Gasteiger charge is -2.58. The zero-order valence-electron chi connectivity index (χ0n) is 20.8. The predicted octanol–water partition coefficient (Wildman–Crippen LogP) is 7.38. The minimum Gasteiger partial charge on any atom is -0.349 e. The summed E-state index contributed by atoms with van der Waals surface area (Å²) < 4.78 is 13.6. The van der Waals surface area contributed by atoms with E-state index >= 15 is 0 Å².